The summed E-state index contributed by atoms with van der Waals surface area (Å²) in [5, 5.41) is 4.98. The van der Waals surface area contributed by atoms with E-state index in [1.54, 1.807) is 7.05 Å². The Balaban J connectivity index is 3.14. The maximum atomic E-state index is 13.8. The summed E-state index contributed by atoms with van der Waals surface area (Å²) in [5.74, 6) is -0.835. The first-order chi connectivity index (χ1) is 9.54. The minimum absolute atomic E-state index is 0.0714. The molecule has 118 valence electrons. The van der Waals surface area contributed by atoms with E-state index in [9.17, 15) is 17.6 Å². The van der Waals surface area contributed by atoms with E-state index in [2.05, 4.69) is 0 Å². The van der Waals surface area contributed by atoms with E-state index in [-0.39, 0.29) is 17.0 Å². The Labute approximate surface area is 125 Å². The number of benzene rings is 1. The molecule has 21 heavy (non-hydrogen) atoms. The average molecular weight is 316 g/mol. The zero-order valence-corrected chi connectivity index (χ0v) is 13.5. The predicted octanol–water partition coefficient (Wildman–Crippen LogP) is 1.90. The summed E-state index contributed by atoms with van der Waals surface area (Å²) in [7, 11) is -2.58. The molecule has 0 heterocycles. The lowest BCUT2D eigenvalue weighted by molar-refractivity contribution is 0.0788. The van der Waals surface area contributed by atoms with Crippen molar-refractivity contribution in [2.75, 3.05) is 13.6 Å². The smallest absolute Gasteiger partial charge is 0.253 e. The van der Waals surface area contributed by atoms with Crippen LogP contribution in [-0.4, -0.2) is 32.8 Å². The molecule has 0 fully saturated rings. The highest BCUT2D eigenvalue weighted by Gasteiger charge is 2.21. The van der Waals surface area contributed by atoms with E-state index in [0.29, 0.717) is 12.5 Å². The molecule has 0 aromatic heterocycles. The van der Waals surface area contributed by atoms with Crippen molar-refractivity contribution in [1.82, 2.24) is 4.90 Å². The second-order valence-corrected chi connectivity index (χ2v) is 7.09. The molecule has 1 amide bonds. The molecule has 0 radical (unpaired) electrons. The SMILES string of the molecule is Cc1cc(C(=O)N(C)CCC(C)C)cc(S(N)(=O)=O)c1F. The second-order valence-electron chi connectivity index (χ2n) is 5.56. The van der Waals surface area contributed by atoms with Crippen molar-refractivity contribution >= 4 is 15.9 Å². The lowest BCUT2D eigenvalue weighted by Gasteiger charge is -2.19. The minimum atomic E-state index is -4.21. The van der Waals surface area contributed by atoms with E-state index < -0.39 is 20.7 Å². The van der Waals surface area contributed by atoms with Gasteiger partial charge in [-0.25, -0.2) is 17.9 Å². The number of primary sulfonamides is 1. The topological polar surface area (TPSA) is 80.5 Å². The molecular formula is C14H21FN2O3S. The van der Waals surface area contributed by atoms with Gasteiger partial charge in [0.15, 0.2) is 0 Å². The van der Waals surface area contributed by atoms with Gasteiger partial charge in [-0.3, -0.25) is 4.79 Å². The Bertz CT molecular complexity index is 642. The summed E-state index contributed by atoms with van der Waals surface area (Å²) < 4.78 is 36.6. The van der Waals surface area contributed by atoms with Gasteiger partial charge in [0.05, 0.1) is 0 Å². The van der Waals surface area contributed by atoms with Gasteiger partial charge in [0, 0.05) is 19.2 Å². The fraction of sp³-hybridized carbons (Fsp3) is 0.500. The number of nitrogens with zero attached hydrogens (tertiary/aromatic N) is 1. The van der Waals surface area contributed by atoms with Gasteiger partial charge in [-0.2, -0.15) is 0 Å². The van der Waals surface area contributed by atoms with Gasteiger partial charge in [-0.05, 0) is 37.0 Å². The number of hydrogen-bond donors (Lipinski definition) is 1. The van der Waals surface area contributed by atoms with Crippen LogP contribution in [0.15, 0.2) is 17.0 Å². The normalized spacial score (nSPS) is 11.8. The van der Waals surface area contributed by atoms with Crippen LogP contribution in [0.1, 0.15) is 36.2 Å². The van der Waals surface area contributed by atoms with Crippen LogP contribution in [0, 0.1) is 18.7 Å². The number of carbonyl (C=O) groups is 1. The van der Waals surface area contributed by atoms with E-state index in [1.807, 2.05) is 13.8 Å². The Morgan fingerprint density at radius 1 is 1.38 bits per heavy atom. The Morgan fingerprint density at radius 2 is 1.95 bits per heavy atom. The first kappa shape index (κ1) is 17.6. The number of nitrogens with two attached hydrogens (primary N) is 1. The van der Waals surface area contributed by atoms with Crippen molar-refractivity contribution in [1.29, 1.82) is 0 Å². The summed E-state index contributed by atoms with van der Waals surface area (Å²) in [6.45, 7) is 6.02. The zero-order valence-electron chi connectivity index (χ0n) is 12.7. The molecular weight excluding hydrogens is 295 g/mol. The number of rotatable bonds is 5. The van der Waals surface area contributed by atoms with E-state index in [1.165, 1.54) is 17.9 Å². The lowest BCUT2D eigenvalue weighted by atomic mass is 10.1. The van der Waals surface area contributed by atoms with Crippen molar-refractivity contribution in [3.8, 4) is 0 Å². The van der Waals surface area contributed by atoms with E-state index in [0.717, 1.165) is 12.5 Å². The molecule has 0 bridgehead atoms. The first-order valence-electron chi connectivity index (χ1n) is 6.62. The molecule has 0 atom stereocenters. The first-order valence-corrected chi connectivity index (χ1v) is 8.17. The molecule has 0 unspecified atom stereocenters. The summed E-state index contributed by atoms with van der Waals surface area (Å²) in [5.41, 5.74) is 0.186. The average Bonchev–Trinajstić information content (AvgIpc) is 2.36. The van der Waals surface area contributed by atoms with E-state index in [4.69, 9.17) is 5.14 Å². The number of sulfonamides is 1. The maximum Gasteiger partial charge on any atom is 0.253 e. The van der Waals surface area contributed by atoms with Crippen molar-refractivity contribution in [2.24, 2.45) is 11.1 Å². The van der Waals surface area contributed by atoms with Crippen molar-refractivity contribution in [3.63, 3.8) is 0 Å². The molecule has 2 N–H and O–H groups in total. The third-order valence-electron chi connectivity index (χ3n) is 3.16. The second kappa shape index (κ2) is 6.53. The monoisotopic (exact) mass is 316 g/mol. The summed E-state index contributed by atoms with van der Waals surface area (Å²) in [6.07, 6.45) is 0.824. The third kappa shape index (κ3) is 4.50. The van der Waals surface area contributed by atoms with Crippen LogP contribution in [0.4, 0.5) is 4.39 Å². The number of hydrogen-bond acceptors (Lipinski definition) is 3. The van der Waals surface area contributed by atoms with Crippen LogP contribution < -0.4 is 5.14 Å². The van der Waals surface area contributed by atoms with Crippen molar-refractivity contribution in [2.45, 2.75) is 32.1 Å². The van der Waals surface area contributed by atoms with Crippen LogP contribution in [0.3, 0.4) is 0 Å². The molecule has 0 spiro atoms. The van der Waals surface area contributed by atoms with Crippen molar-refractivity contribution < 1.29 is 17.6 Å². The molecule has 5 nitrogen and oxygen atoms in total. The van der Waals surface area contributed by atoms with Gasteiger partial charge < -0.3 is 4.90 Å². The molecule has 0 aliphatic heterocycles. The maximum absolute atomic E-state index is 13.8. The predicted molar refractivity (Wildman–Crippen MR) is 78.9 cm³/mol. The standard InChI is InChI=1S/C14H21FN2O3S/c1-9(2)5-6-17(4)14(18)11-7-10(3)13(15)12(8-11)21(16,19)20/h7-9H,5-6H2,1-4H3,(H2,16,19,20). The van der Waals surface area contributed by atoms with Gasteiger partial charge in [-0.15, -0.1) is 0 Å². The number of amides is 1. The largest absolute Gasteiger partial charge is 0.342 e. The number of halogens is 1. The Morgan fingerprint density at radius 3 is 2.43 bits per heavy atom. The van der Waals surface area contributed by atoms with Crippen LogP contribution in [0.5, 0.6) is 0 Å². The highest BCUT2D eigenvalue weighted by atomic mass is 32.2. The van der Waals surface area contributed by atoms with Gasteiger partial charge in [-0.1, -0.05) is 13.8 Å². The molecule has 1 aromatic carbocycles. The molecule has 0 saturated heterocycles. The minimum Gasteiger partial charge on any atom is -0.342 e. The molecule has 0 saturated carbocycles. The molecule has 7 heteroatoms. The zero-order chi connectivity index (χ0) is 16.4. The highest BCUT2D eigenvalue weighted by Crippen LogP contribution is 2.20. The van der Waals surface area contributed by atoms with Gasteiger partial charge in [0.1, 0.15) is 10.7 Å². The summed E-state index contributed by atoms with van der Waals surface area (Å²) in [6, 6.07) is 2.32. The molecule has 0 aliphatic rings. The quantitative estimate of drug-likeness (QED) is 0.901. The highest BCUT2D eigenvalue weighted by molar-refractivity contribution is 7.89. The molecule has 0 aliphatic carbocycles. The fourth-order valence-corrected chi connectivity index (χ4v) is 2.54. The van der Waals surface area contributed by atoms with Crippen LogP contribution in [0.2, 0.25) is 0 Å². The van der Waals surface area contributed by atoms with E-state index >= 15 is 0 Å². The van der Waals surface area contributed by atoms with Gasteiger partial charge in [0.25, 0.3) is 5.91 Å². The Hall–Kier alpha value is -1.47. The number of carbonyl (C=O) groups excluding carboxylic acids is 1. The van der Waals surface area contributed by atoms with Gasteiger partial charge in [0.2, 0.25) is 10.0 Å². The lowest BCUT2D eigenvalue weighted by Crippen LogP contribution is -2.29. The Kier molecular flexibility index (Phi) is 5.47. The fourth-order valence-electron chi connectivity index (χ4n) is 1.84. The van der Waals surface area contributed by atoms with Crippen LogP contribution in [0.25, 0.3) is 0 Å². The third-order valence-corrected chi connectivity index (χ3v) is 4.07. The van der Waals surface area contributed by atoms with Crippen LogP contribution >= 0.6 is 0 Å². The van der Waals surface area contributed by atoms with Gasteiger partial charge >= 0.3 is 0 Å². The molecule has 1 rings (SSSR count). The summed E-state index contributed by atoms with van der Waals surface area (Å²) >= 11 is 0. The number of aryl methyl sites for hydroxylation is 1. The molecule has 1 aromatic rings. The summed E-state index contributed by atoms with van der Waals surface area (Å²) in [4.78, 5) is 13.1. The van der Waals surface area contributed by atoms with Crippen molar-refractivity contribution in [3.05, 3.63) is 29.1 Å². The van der Waals surface area contributed by atoms with Crippen LogP contribution in [-0.2, 0) is 10.0 Å².